The van der Waals surface area contributed by atoms with E-state index in [1.165, 1.54) is 0 Å². The Morgan fingerprint density at radius 3 is 2.47 bits per heavy atom. The largest absolute Gasteiger partial charge is 0.311 e. The van der Waals surface area contributed by atoms with E-state index in [-0.39, 0.29) is 5.91 Å². The van der Waals surface area contributed by atoms with Crippen molar-refractivity contribution in [2.45, 2.75) is 0 Å². The summed E-state index contributed by atoms with van der Waals surface area (Å²) < 4.78 is 0. The fourth-order valence-electron chi connectivity index (χ4n) is 1.50. The second-order valence-corrected chi connectivity index (χ2v) is 3.96. The van der Waals surface area contributed by atoms with Gasteiger partial charge in [-0.25, -0.2) is 0 Å². The van der Waals surface area contributed by atoms with Crippen molar-refractivity contribution in [3.05, 3.63) is 59.4 Å². The van der Waals surface area contributed by atoms with Crippen LogP contribution in [0.15, 0.2) is 48.8 Å². The zero-order chi connectivity index (χ0) is 12.3. The van der Waals surface area contributed by atoms with Crippen LogP contribution in [0, 0.1) is 0 Å². The van der Waals surface area contributed by atoms with Gasteiger partial charge in [0.25, 0.3) is 5.91 Å². The number of hydrogen-bond donors (Lipinski definition) is 0. The molecule has 3 nitrogen and oxygen atoms in total. The zero-order valence-electron chi connectivity index (χ0n) is 9.30. The third-order valence-corrected chi connectivity index (χ3v) is 2.79. The van der Waals surface area contributed by atoms with Crippen molar-refractivity contribution < 1.29 is 4.79 Å². The number of halogens is 1. The van der Waals surface area contributed by atoms with Gasteiger partial charge >= 0.3 is 0 Å². The van der Waals surface area contributed by atoms with E-state index in [1.807, 2.05) is 0 Å². The number of amides is 1. The second kappa shape index (κ2) is 4.97. The summed E-state index contributed by atoms with van der Waals surface area (Å²) in [5.41, 5.74) is 1.28. The first kappa shape index (κ1) is 11.6. The van der Waals surface area contributed by atoms with Crippen LogP contribution in [-0.4, -0.2) is 17.9 Å². The van der Waals surface area contributed by atoms with E-state index in [2.05, 4.69) is 4.98 Å². The van der Waals surface area contributed by atoms with E-state index in [4.69, 9.17) is 11.6 Å². The van der Waals surface area contributed by atoms with Crippen LogP contribution in [0.4, 0.5) is 5.69 Å². The van der Waals surface area contributed by atoms with E-state index >= 15 is 0 Å². The summed E-state index contributed by atoms with van der Waals surface area (Å²) >= 11 is 5.99. The van der Waals surface area contributed by atoms with Gasteiger partial charge in [-0.1, -0.05) is 23.7 Å². The van der Waals surface area contributed by atoms with Crippen molar-refractivity contribution in [3.8, 4) is 0 Å². The quantitative estimate of drug-likeness (QED) is 0.816. The molecule has 0 saturated heterocycles. The Kier molecular flexibility index (Phi) is 3.40. The van der Waals surface area contributed by atoms with Crippen molar-refractivity contribution in [2.24, 2.45) is 0 Å². The first-order chi connectivity index (χ1) is 8.20. The molecule has 0 atom stereocenters. The third kappa shape index (κ3) is 2.45. The summed E-state index contributed by atoms with van der Waals surface area (Å²) in [5.74, 6) is -0.137. The maximum Gasteiger partial charge on any atom is 0.259 e. The number of hydrogen-bond acceptors (Lipinski definition) is 2. The van der Waals surface area contributed by atoms with Crippen LogP contribution >= 0.6 is 11.6 Å². The molecule has 0 aliphatic carbocycles. The number of pyridine rings is 1. The molecule has 17 heavy (non-hydrogen) atoms. The average molecular weight is 247 g/mol. The highest BCUT2D eigenvalue weighted by Crippen LogP contribution is 2.19. The number of carbonyl (C=O) groups is 1. The van der Waals surface area contributed by atoms with Crippen LogP contribution in [0.1, 0.15) is 10.4 Å². The van der Waals surface area contributed by atoms with E-state index in [9.17, 15) is 4.79 Å². The molecule has 0 N–H and O–H groups in total. The van der Waals surface area contributed by atoms with E-state index in [0.29, 0.717) is 10.6 Å². The van der Waals surface area contributed by atoms with Gasteiger partial charge in [-0.15, -0.1) is 0 Å². The Morgan fingerprint density at radius 2 is 1.82 bits per heavy atom. The molecular formula is C13H11ClN2O. The number of carbonyl (C=O) groups excluding carboxylic acids is 1. The second-order valence-electron chi connectivity index (χ2n) is 3.55. The molecule has 4 heteroatoms. The summed E-state index contributed by atoms with van der Waals surface area (Å²) in [7, 11) is 1.71. The summed E-state index contributed by atoms with van der Waals surface area (Å²) in [6.07, 6.45) is 3.29. The molecule has 0 spiro atoms. The van der Waals surface area contributed by atoms with Crippen LogP contribution in [0.5, 0.6) is 0 Å². The first-order valence-corrected chi connectivity index (χ1v) is 5.50. The molecule has 0 aliphatic heterocycles. The van der Waals surface area contributed by atoms with Crippen LogP contribution in [0.25, 0.3) is 0 Å². The number of nitrogens with zero attached hydrogens (tertiary/aromatic N) is 2. The monoisotopic (exact) mass is 246 g/mol. The van der Waals surface area contributed by atoms with Gasteiger partial charge < -0.3 is 4.90 Å². The Morgan fingerprint density at radius 1 is 1.18 bits per heavy atom. The highest BCUT2D eigenvalue weighted by Gasteiger charge is 2.15. The van der Waals surface area contributed by atoms with Crippen molar-refractivity contribution >= 4 is 23.2 Å². The van der Waals surface area contributed by atoms with Crippen molar-refractivity contribution in [3.63, 3.8) is 0 Å². The molecule has 0 aliphatic rings. The lowest BCUT2D eigenvalue weighted by Gasteiger charge is -2.17. The van der Waals surface area contributed by atoms with Gasteiger partial charge in [-0.05, 0) is 24.3 Å². The fourth-order valence-corrected chi connectivity index (χ4v) is 1.72. The van der Waals surface area contributed by atoms with Crippen LogP contribution in [0.2, 0.25) is 5.02 Å². The highest BCUT2D eigenvalue weighted by molar-refractivity contribution is 6.34. The fraction of sp³-hybridized carbons (Fsp3) is 0.0769. The molecule has 1 aromatic carbocycles. The number of aromatic nitrogens is 1. The highest BCUT2D eigenvalue weighted by atomic mass is 35.5. The molecule has 0 saturated carbocycles. The minimum absolute atomic E-state index is 0.137. The molecule has 0 fully saturated rings. The molecule has 1 amide bonds. The van der Waals surface area contributed by atoms with Crippen molar-refractivity contribution in [2.75, 3.05) is 11.9 Å². The lowest BCUT2D eigenvalue weighted by Crippen LogP contribution is -2.26. The zero-order valence-corrected chi connectivity index (χ0v) is 10.1. The average Bonchev–Trinajstić information content (AvgIpc) is 2.39. The predicted octanol–water partition coefficient (Wildman–Crippen LogP) is 3.01. The van der Waals surface area contributed by atoms with Crippen LogP contribution in [-0.2, 0) is 0 Å². The normalized spacial score (nSPS) is 10.0. The SMILES string of the molecule is CN(C(=O)c1ccccc1Cl)c1ccncc1. The molecule has 2 rings (SSSR count). The Hall–Kier alpha value is -1.87. The Bertz CT molecular complexity index is 528. The van der Waals surface area contributed by atoms with Gasteiger partial charge in [-0.3, -0.25) is 9.78 Å². The Balaban J connectivity index is 2.30. The standard InChI is InChI=1S/C13H11ClN2O/c1-16(10-6-8-15-9-7-10)13(17)11-4-2-3-5-12(11)14/h2-9H,1H3. The lowest BCUT2D eigenvalue weighted by molar-refractivity contribution is 0.0993. The summed E-state index contributed by atoms with van der Waals surface area (Å²) in [6.45, 7) is 0. The number of benzene rings is 1. The molecule has 1 aromatic heterocycles. The summed E-state index contributed by atoms with van der Waals surface area (Å²) in [5, 5.41) is 0.457. The third-order valence-electron chi connectivity index (χ3n) is 2.46. The van der Waals surface area contributed by atoms with Gasteiger partial charge in [0.2, 0.25) is 0 Å². The first-order valence-electron chi connectivity index (χ1n) is 5.13. The lowest BCUT2D eigenvalue weighted by atomic mass is 10.2. The number of rotatable bonds is 2. The van der Waals surface area contributed by atoms with Gasteiger partial charge in [0.05, 0.1) is 10.6 Å². The topological polar surface area (TPSA) is 33.2 Å². The molecule has 2 aromatic rings. The van der Waals surface area contributed by atoms with Gasteiger partial charge in [-0.2, -0.15) is 0 Å². The van der Waals surface area contributed by atoms with Gasteiger partial charge in [0.1, 0.15) is 0 Å². The minimum Gasteiger partial charge on any atom is -0.311 e. The smallest absolute Gasteiger partial charge is 0.259 e. The molecule has 0 radical (unpaired) electrons. The molecule has 0 bridgehead atoms. The van der Waals surface area contributed by atoms with Crippen LogP contribution in [0.3, 0.4) is 0 Å². The number of anilines is 1. The van der Waals surface area contributed by atoms with Crippen LogP contribution < -0.4 is 4.90 Å². The van der Waals surface area contributed by atoms with E-state index in [1.54, 1.807) is 60.7 Å². The molecule has 1 heterocycles. The summed E-state index contributed by atoms with van der Waals surface area (Å²) in [4.78, 5) is 17.6. The maximum absolute atomic E-state index is 12.2. The van der Waals surface area contributed by atoms with Gasteiger partial charge in [0, 0.05) is 25.1 Å². The molecular weight excluding hydrogens is 236 g/mol. The predicted molar refractivity (Wildman–Crippen MR) is 68.4 cm³/mol. The maximum atomic E-state index is 12.2. The minimum atomic E-state index is -0.137. The Labute approximate surface area is 105 Å². The summed E-state index contributed by atoms with van der Waals surface area (Å²) in [6, 6.07) is 10.5. The molecule has 86 valence electrons. The van der Waals surface area contributed by atoms with Crippen molar-refractivity contribution in [1.29, 1.82) is 0 Å². The van der Waals surface area contributed by atoms with Crippen molar-refractivity contribution in [1.82, 2.24) is 4.98 Å². The van der Waals surface area contributed by atoms with Gasteiger partial charge in [0.15, 0.2) is 0 Å². The van der Waals surface area contributed by atoms with E-state index < -0.39 is 0 Å². The van der Waals surface area contributed by atoms with E-state index in [0.717, 1.165) is 5.69 Å². The molecule has 0 unspecified atom stereocenters.